The Morgan fingerprint density at radius 2 is 1.96 bits per heavy atom. The van der Waals surface area contributed by atoms with Crippen LogP contribution in [-0.4, -0.2) is 75.8 Å². The van der Waals surface area contributed by atoms with Gasteiger partial charge in [0.1, 0.15) is 0 Å². The molecule has 9 heteroatoms. The Morgan fingerprint density at radius 1 is 1.22 bits per heavy atom. The number of aromatic nitrogens is 3. The van der Waals surface area contributed by atoms with Crippen molar-refractivity contribution >= 4 is 15.7 Å². The number of amides is 1. The predicted molar refractivity (Wildman–Crippen MR) is 99.6 cm³/mol. The van der Waals surface area contributed by atoms with Gasteiger partial charge < -0.3 is 9.88 Å². The van der Waals surface area contributed by atoms with Crippen molar-refractivity contribution in [1.82, 2.24) is 24.8 Å². The average molecular weight is 389 g/mol. The van der Waals surface area contributed by atoms with Crippen LogP contribution in [0.15, 0.2) is 30.9 Å². The minimum atomic E-state index is -3.16. The van der Waals surface area contributed by atoms with Crippen LogP contribution >= 0.6 is 0 Å². The molecule has 2 fully saturated rings. The number of H-pyrrole nitrogens is 1. The maximum atomic E-state index is 12.9. The second-order valence-electron chi connectivity index (χ2n) is 7.28. The Hall–Kier alpha value is -2.26. The number of aromatic amines is 1. The number of piperazine rings is 1. The van der Waals surface area contributed by atoms with Gasteiger partial charge in [0.15, 0.2) is 9.84 Å². The molecule has 0 spiro atoms. The molecular weight excluding hydrogens is 366 g/mol. The number of nitrogens with zero attached hydrogens (tertiary/aromatic N) is 4. The molecule has 2 aliphatic rings. The lowest BCUT2D eigenvalue weighted by Crippen LogP contribution is -2.60. The Balaban J connectivity index is 1.53. The fourth-order valence-electron chi connectivity index (χ4n) is 4.05. The summed E-state index contributed by atoms with van der Waals surface area (Å²) in [6.07, 6.45) is 5.25. The number of carbonyl (C=O) groups is 1. The summed E-state index contributed by atoms with van der Waals surface area (Å²) < 4.78 is 24.7. The molecule has 8 nitrogen and oxygen atoms in total. The zero-order chi connectivity index (χ0) is 19.0. The lowest BCUT2D eigenvalue weighted by Gasteiger charge is -2.43. The molecule has 0 radical (unpaired) electrons. The second-order valence-corrected chi connectivity index (χ2v) is 9.43. The van der Waals surface area contributed by atoms with Gasteiger partial charge in [-0.3, -0.25) is 14.7 Å². The third-order valence-corrected chi connectivity index (χ3v) is 7.20. The molecule has 27 heavy (non-hydrogen) atoms. The van der Waals surface area contributed by atoms with Gasteiger partial charge in [0.2, 0.25) is 5.91 Å². The maximum absolute atomic E-state index is 12.9. The fraction of sp³-hybridized carbons (Fsp3) is 0.500. The van der Waals surface area contributed by atoms with E-state index in [1.165, 1.54) is 0 Å². The normalized spacial score (nSPS) is 24.7. The minimum Gasteiger partial charge on any atom is -0.348 e. The van der Waals surface area contributed by atoms with Crippen LogP contribution in [0.5, 0.6) is 0 Å². The van der Waals surface area contributed by atoms with Gasteiger partial charge in [-0.05, 0) is 24.6 Å². The highest BCUT2D eigenvalue weighted by atomic mass is 32.2. The maximum Gasteiger partial charge on any atom is 0.227 e. The highest BCUT2D eigenvalue weighted by Gasteiger charge is 2.47. The summed E-state index contributed by atoms with van der Waals surface area (Å²) in [5, 5.41) is 0. The standard InChI is InChI=1S/C18H23N5O3S/c1-13-15(21-12-20-13)9-22-6-7-23(17-11-27(25,26)10-16(17)22)18(24)8-14-2-4-19-5-3-14/h2-5,12,16-17H,6-11H2,1H3,(H,20,21)/t16-,17+/m0/s1. The van der Waals surface area contributed by atoms with E-state index in [0.29, 0.717) is 19.6 Å². The van der Waals surface area contributed by atoms with E-state index in [1.807, 2.05) is 19.1 Å². The smallest absolute Gasteiger partial charge is 0.227 e. The fourth-order valence-corrected chi connectivity index (χ4v) is 6.06. The molecule has 4 rings (SSSR count). The number of hydrogen-bond acceptors (Lipinski definition) is 6. The number of aryl methyl sites for hydroxylation is 1. The minimum absolute atomic E-state index is 0.0242. The van der Waals surface area contributed by atoms with E-state index in [1.54, 1.807) is 23.6 Å². The number of rotatable bonds is 4. The van der Waals surface area contributed by atoms with E-state index in [9.17, 15) is 13.2 Å². The summed E-state index contributed by atoms with van der Waals surface area (Å²) in [6.45, 7) is 3.73. The lowest BCUT2D eigenvalue weighted by molar-refractivity contribution is -0.136. The van der Waals surface area contributed by atoms with Crippen molar-refractivity contribution in [3.63, 3.8) is 0 Å². The number of carbonyl (C=O) groups excluding carboxylic acids is 1. The van der Waals surface area contributed by atoms with Crippen molar-refractivity contribution in [2.24, 2.45) is 0 Å². The Kier molecular flexibility index (Phi) is 4.73. The molecule has 2 aliphatic heterocycles. The number of imidazole rings is 1. The van der Waals surface area contributed by atoms with Crippen LogP contribution < -0.4 is 0 Å². The van der Waals surface area contributed by atoms with Gasteiger partial charge in [-0.15, -0.1) is 0 Å². The molecular formula is C18H23N5O3S. The third-order valence-electron chi connectivity index (χ3n) is 5.50. The zero-order valence-corrected chi connectivity index (χ0v) is 16.0. The van der Waals surface area contributed by atoms with Crippen molar-refractivity contribution in [2.45, 2.75) is 32.0 Å². The van der Waals surface area contributed by atoms with Crippen molar-refractivity contribution < 1.29 is 13.2 Å². The summed E-state index contributed by atoms with van der Waals surface area (Å²) in [6, 6.07) is 3.16. The Morgan fingerprint density at radius 3 is 2.67 bits per heavy atom. The van der Waals surface area contributed by atoms with Gasteiger partial charge in [-0.1, -0.05) is 0 Å². The van der Waals surface area contributed by atoms with Gasteiger partial charge in [0, 0.05) is 43.8 Å². The first-order valence-corrected chi connectivity index (χ1v) is 10.9. The first-order valence-electron chi connectivity index (χ1n) is 9.04. The van der Waals surface area contributed by atoms with Crippen molar-refractivity contribution in [2.75, 3.05) is 24.6 Å². The summed E-state index contributed by atoms with van der Waals surface area (Å²) in [5.41, 5.74) is 2.81. The van der Waals surface area contributed by atoms with Crippen molar-refractivity contribution in [1.29, 1.82) is 0 Å². The molecule has 0 aliphatic carbocycles. The Bertz CT molecular complexity index is 927. The first kappa shape index (κ1) is 18.1. The van der Waals surface area contributed by atoms with Crippen LogP contribution in [0.25, 0.3) is 0 Å². The van der Waals surface area contributed by atoms with Gasteiger partial charge in [-0.25, -0.2) is 13.4 Å². The van der Waals surface area contributed by atoms with Crippen LogP contribution in [0.2, 0.25) is 0 Å². The van der Waals surface area contributed by atoms with Gasteiger partial charge in [0.25, 0.3) is 0 Å². The summed E-state index contributed by atoms with van der Waals surface area (Å²) in [4.78, 5) is 28.2. The van der Waals surface area contributed by atoms with Crippen LogP contribution in [0.4, 0.5) is 0 Å². The number of pyridine rings is 1. The molecule has 1 N–H and O–H groups in total. The van der Waals surface area contributed by atoms with Crippen LogP contribution in [0.3, 0.4) is 0 Å². The lowest BCUT2D eigenvalue weighted by atomic mass is 10.0. The molecule has 1 amide bonds. The van der Waals surface area contributed by atoms with E-state index in [-0.39, 0.29) is 35.9 Å². The number of fused-ring (bicyclic) bond motifs is 1. The van der Waals surface area contributed by atoms with Gasteiger partial charge in [0.05, 0.1) is 36.0 Å². The molecule has 0 bridgehead atoms. The predicted octanol–water partition coefficient (Wildman–Crippen LogP) is 0.166. The van der Waals surface area contributed by atoms with Gasteiger partial charge in [-0.2, -0.15) is 0 Å². The average Bonchev–Trinajstić information content (AvgIpc) is 3.18. The van der Waals surface area contributed by atoms with Crippen LogP contribution in [0, 0.1) is 6.92 Å². The molecule has 2 atom stereocenters. The van der Waals surface area contributed by atoms with E-state index in [2.05, 4.69) is 19.9 Å². The van der Waals surface area contributed by atoms with Gasteiger partial charge >= 0.3 is 0 Å². The number of hydrogen-bond donors (Lipinski definition) is 1. The second kappa shape index (κ2) is 7.05. The monoisotopic (exact) mass is 389 g/mol. The largest absolute Gasteiger partial charge is 0.348 e. The molecule has 144 valence electrons. The topological polar surface area (TPSA) is 99.3 Å². The molecule has 2 aromatic rings. The van der Waals surface area contributed by atoms with Crippen LogP contribution in [0.1, 0.15) is 17.0 Å². The van der Waals surface area contributed by atoms with E-state index in [0.717, 1.165) is 17.0 Å². The molecule has 2 saturated heterocycles. The molecule has 4 heterocycles. The zero-order valence-electron chi connectivity index (χ0n) is 15.2. The third kappa shape index (κ3) is 3.74. The van der Waals surface area contributed by atoms with Crippen molar-refractivity contribution in [3.8, 4) is 0 Å². The number of nitrogens with one attached hydrogen (secondary N) is 1. The van der Waals surface area contributed by atoms with Crippen LogP contribution in [-0.2, 0) is 27.6 Å². The number of sulfone groups is 1. The van der Waals surface area contributed by atoms with E-state index in [4.69, 9.17) is 0 Å². The Labute approximate surface area is 158 Å². The van der Waals surface area contributed by atoms with E-state index < -0.39 is 9.84 Å². The highest BCUT2D eigenvalue weighted by Crippen LogP contribution is 2.28. The summed E-state index contributed by atoms with van der Waals surface area (Å²) in [5.74, 6) is 0.111. The molecule has 0 saturated carbocycles. The molecule has 0 unspecified atom stereocenters. The SMILES string of the molecule is Cc1[nH]cnc1CN1CCN(C(=O)Cc2ccncc2)[C@@H]2CS(=O)(=O)C[C@@H]21. The molecule has 2 aromatic heterocycles. The van der Waals surface area contributed by atoms with E-state index >= 15 is 0 Å². The summed E-state index contributed by atoms with van der Waals surface area (Å²) >= 11 is 0. The summed E-state index contributed by atoms with van der Waals surface area (Å²) in [7, 11) is -3.16. The van der Waals surface area contributed by atoms with Crippen molar-refractivity contribution in [3.05, 3.63) is 47.8 Å². The highest BCUT2D eigenvalue weighted by molar-refractivity contribution is 7.91. The molecule has 0 aromatic carbocycles. The first-order chi connectivity index (χ1) is 12.9. The quantitative estimate of drug-likeness (QED) is 0.800.